The largest absolute Gasteiger partial charge is 0.508 e. The lowest BCUT2D eigenvalue weighted by Crippen LogP contribution is -2.23. The number of phenols is 1. The van der Waals surface area contributed by atoms with Crippen LogP contribution < -0.4 is 0 Å². The van der Waals surface area contributed by atoms with Gasteiger partial charge >= 0.3 is 0 Å². The molecule has 0 fully saturated rings. The summed E-state index contributed by atoms with van der Waals surface area (Å²) in [5.74, 6) is 0.812. The van der Waals surface area contributed by atoms with E-state index in [1.54, 1.807) is 43.4 Å². The number of benzene rings is 1. The van der Waals surface area contributed by atoms with Gasteiger partial charge in [-0.3, -0.25) is 5.41 Å². The third-order valence-corrected chi connectivity index (χ3v) is 4.65. The maximum Gasteiger partial charge on any atom is 0.133 e. The third-order valence-electron chi connectivity index (χ3n) is 4.65. The van der Waals surface area contributed by atoms with Crippen molar-refractivity contribution < 1.29 is 10.2 Å². The molecule has 0 saturated carbocycles. The molecule has 0 radical (unpaired) electrons. The van der Waals surface area contributed by atoms with Gasteiger partial charge in [0.15, 0.2) is 0 Å². The van der Waals surface area contributed by atoms with Gasteiger partial charge in [-0.05, 0) is 37.1 Å². The zero-order chi connectivity index (χ0) is 22.4. The Morgan fingerprint density at radius 2 is 1.87 bits per heavy atom. The molecule has 1 heterocycles. The Hall–Kier alpha value is -3.80. The van der Waals surface area contributed by atoms with Gasteiger partial charge in [-0.2, -0.15) is 0 Å². The predicted octanol–water partition coefficient (Wildman–Crippen LogP) is 5.44. The Labute approximate surface area is 177 Å². The number of phenolic OH excluding ortho intramolecular Hbond substituents is 1. The van der Waals surface area contributed by atoms with Gasteiger partial charge in [-0.1, -0.05) is 37.4 Å². The second-order valence-corrected chi connectivity index (χ2v) is 6.97. The summed E-state index contributed by atoms with van der Waals surface area (Å²) >= 11 is 0. The number of aliphatic hydroxyl groups excluding tert-OH is 1. The second kappa shape index (κ2) is 9.60. The van der Waals surface area contributed by atoms with Crippen LogP contribution in [0.4, 0.5) is 5.82 Å². The maximum absolute atomic E-state index is 10.1. The quantitative estimate of drug-likeness (QED) is 0.214. The average Bonchev–Trinajstić information content (AvgIpc) is 3.06. The Bertz CT molecular complexity index is 1070. The van der Waals surface area contributed by atoms with Gasteiger partial charge in [0.2, 0.25) is 0 Å². The SMILES string of the molecule is C=C(O)/C(=C\C(=C/C)C(=C)/C=N\c1[nH]cc(-c2ccccc2O)c1C)C(=N)N(C)C. The Morgan fingerprint density at radius 3 is 2.43 bits per heavy atom. The van der Waals surface area contributed by atoms with Crippen molar-refractivity contribution in [3.8, 4) is 16.9 Å². The topological polar surface area (TPSA) is 95.7 Å². The number of aliphatic imine (C=N–C) groups is 1. The van der Waals surface area contributed by atoms with Crippen molar-refractivity contribution in [2.75, 3.05) is 14.1 Å². The fourth-order valence-corrected chi connectivity index (χ4v) is 2.86. The molecule has 0 spiro atoms. The summed E-state index contributed by atoms with van der Waals surface area (Å²) in [4.78, 5) is 9.21. The molecule has 2 aromatic rings. The number of para-hydroxylation sites is 1. The fourth-order valence-electron chi connectivity index (χ4n) is 2.86. The van der Waals surface area contributed by atoms with E-state index < -0.39 is 0 Å². The molecule has 1 aromatic carbocycles. The van der Waals surface area contributed by atoms with Crippen LogP contribution in [-0.4, -0.2) is 46.2 Å². The van der Waals surface area contributed by atoms with Crippen molar-refractivity contribution in [3.05, 3.63) is 83.8 Å². The molecule has 30 heavy (non-hydrogen) atoms. The van der Waals surface area contributed by atoms with Crippen molar-refractivity contribution in [2.24, 2.45) is 4.99 Å². The van der Waals surface area contributed by atoms with Crippen LogP contribution >= 0.6 is 0 Å². The smallest absolute Gasteiger partial charge is 0.133 e. The van der Waals surface area contributed by atoms with Gasteiger partial charge in [0, 0.05) is 43.2 Å². The summed E-state index contributed by atoms with van der Waals surface area (Å²) in [7, 11) is 3.45. The zero-order valence-electron chi connectivity index (χ0n) is 17.8. The number of nitrogens with one attached hydrogen (secondary N) is 2. The van der Waals surface area contributed by atoms with E-state index in [1.165, 1.54) is 0 Å². The van der Waals surface area contributed by atoms with E-state index in [-0.39, 0.29) is 17.3 Å². The Morgan fingerprint density at radius 1 is 1.20 bits per heavy atom. The number of rotatable bonds is 7. The summed E-state index contributed by atoms with van der Waals surface area (Å²) in [6.45, 7) is 11.4. The van der Waals surface area contributed by atoms with E-state index in [9.17, 15) is 10.2 Å². The van der Waals surface area contributed by atoms with E-state index in [1.807, 2.05) is 38.3 Å². The summed E-state index contributed by atoms with van der Waals surface area (Å²) in [6.07, 6.45) is 6.92. The highest BCUT2D eigenvalue weighted by Gasteiger charge is 2.13. The number of nitrogens with zero attached hydrogens (tertiary/aromatic N) is 2. The molecule has 156 valence electrons. The number of aliphatic hydroxyl groups is 1. The molecule has 0 aliphatic carbocycles. The summed E-state index contributed by atoms with van der Waals surface area (Å²) in [5.41, 5.74) is 4.13. The van der Waals surface area contributed by atoms with Crippen LogP contribution in [0.3, 0.4) is 0 Å². The van der Waals surface area contributed by atoms with E-state index >= 15 is 0 Å². The molecule has 1 aromatic heterocycles. The number of hydrogen-bond acceptors (Lipinski definition) is 4. The third kappa shape index (κ3) is 4.97. The highest BCUT2D eigenvalue weighted by atomic mass is 16.3. The molecule has 0 atom stereocenters. The minimum Gasteiger partial charge on any atom is -0.508 e. The van der Waals surface area contributed by atoms with E-state index in [4.69, 9.17) is 5.41 Å². The lowest BCUT2D eigenvalue weighted by Gasteiger charge is -2.16. The first kappa shape index (κ1) is 22.5. The molecule has 4 N–H and O–H groups in total. The summed E-state index contributed by atoms with van der Waals surface area (Å²) in [5, 5.41) is 28.1. The van der Waals surface area contributed by atoms with Crippen LogP contribution in [0.15, 0.2) is 83.2 Å². The van der Waals surface area contributed by atoms with Gasteiger partial charge in [-0.15, -0.1) is 0 Å². The van der Waals surface area contributed by atoms with Crippen LogP contribution in [0.1, 0.15) is 12.5 Å². The van der Waals surface area contributed by atoms with Crippen LogP contribution in [0.5, 0.6) is 5.75 Å². The molecule has 0 aliphatic heterocycles. The first-order chi connectivity index (χ1) is 14.2. The number of H-pyrrole nitrogens is 1. The summed E-state index contributed by atoms with van der Waals surface area (Å²) < 4.78 is 0. The molecule has 2 rings (SSSR count). The minimum atomic E-state index is -0.190. The van der Waals surface area contributed by atoms with Gasteiger partial charge in [0.25, 0.3) is 0 Å². The molecule has 0 unspecified atom stereocenters. The Kier molecular flexibility index (Phi) is 7.20. The van der Waals surface area contributed by atoms with Gasteiger partial charge < -0.3 is 20.1 Å². The zero-order valence-corrected chi connectivity index (χ0v) is 17.8. The lowest BCUT2D eigenvalue weighted by atomic mass is 10.0. The van der Waals surface area contributed by atoms with Gasteiger partial charge in [-0.25, -0.2) is 4.99 Å². The van der Waals surface area contributed by atoms with E-state index in [2.05, 4.69) is 23.1 Å². The number of hydrogen-bond donors (Lipinski definition) is 4. The van der Waals surface area contributed by atoms with Crippen LogP contribution in [0.25, 0.3) is 11.1 Å². The molecule has 0 saturated heterocycles. The number of likely N-dealkylation sites (N-methyl/N-ethyl adjacent to an activating group) is 1. The van der Waals surface area contributed by atoms with Crippen molar-refractivity contribution in [1.29, 1.82) is 5.41 Å². The molecule has 6 heteroatoms. The fraction of sp³-hybridized carbons (Fsp3) is 0.167. The number of aromatic nitrogens is 1. The average molecular weight is 405 g/mol. The number of amidine groups is 1. The number of aromatic hydroxyl groups is 1. The lowest BCUT2D eigenvalue weighted by molar-refractivity contribution is 0.428. The van der Waals surface area contributed by atoms with Crippen LogP contribution in [0.2, 0.25) is 0 Å². The van der Waals surface area contributed by atoms with Crippen molar-refractivity contribution >= 4 is 17.9 Å². The van der Waals surface area contributed by atoms with Gasteiger partial charge in [0.1, 0.15) is 23.2 Å². The highest BCUT2D eigenvalue weighted by molar-refractivity contribution is 6.00. The van der Waals surface area contributed by atoms with Crippen molar-refractivity contribution in [1.82, 2.24) is 9.88 Å². The van der Waals surface area contributed by atoms with Gasteiger partial charge in [0.05, 0.1) is 5.57 Å². The normalized spacial score (nSPS) is 12.3. The van der Waals surface area contributed by atoms with Crippen LogP contribution in [-0.2, 0) is 0 Å². The molecule has 0 aliphatic rings. The Balaban J connectivity index is 2.31. The summed E-state index contributed by atoms with van der Waals surface area (Å²) in [6, 6.07) is 7.15. The second-order valence-electron chi connectivity index (χ2n) is 6.97. The van der Waals surface area contributed by atoms with E-state index in [0.717, 1.165) is 16.7 Å². The van der Waals surface area contributed by atoms with Crippen molar-refractivity contribution in [2.45, 2.75) is 13.8 Å². The molecule has 6 nitrogen and oxygen atoms in total. The molecular weight excluding hydrogens is 376 g/mol. The number of aromatic amines is 1. The first-order valence-corrected chi connectivity index (χ1v) is 9.39. The predicted molar refractivity (Wildman–Crippen MR) is 125 cm³/mol. The molecule has 0 amide bonds. The van der Waals surface area contributed by atoms with E-state index in [0.29, 0.717) is 22.5 Å². The van der Waals surface area contributed by atoms with Crippen LogP contribution in [0, 0.1) is 12.3 Å². The maximum atomic E-state index is 10.1. The van der Waals surface area contributed by atoms with Crippen molar-refractivity contribution in [3.63, 3.8) is 0 Å². The standard InChI is InChI=1S/C24H28N4O2/c1-7-18(12-20(17(4)29)23(25)28(5)6)15(2)13-26-24-16(3)21(14-27-24)19-10-8-9-11-22(19)30/h7-14,25,27,29-30H,2,4H2,1,3,5-6H3/b18-7+,20-12+,25-23?,26-13-. The molecular formula is C24H28N4O2. The monoisotopic (exact) mass is 404 g/mol. The number of allylic oxidation sites excluding steroid dienone is 4. The highest BCUT2D eigenvalue weighted by Crippen LogP contribution is 2.35. The first-order valence-electron chi connectivity index (χ1n) is 9.39. The molecule has 0 bridgehead atoms. The minimum absolute atomic E-state index is 0.138.